The van der Waals surface area contributed by atoms with E-state index in [2.05, 4.69) is 10.0 Å². The van der Waals surface area contributed by atoms with Crippen molar-refractivity contribution in [2.45, 2.75) is 38.2 Å². The number of alkyl carbamates (subject to hydrolysis) is 1. The van der Waals surface area contributed by atoms with Gasteiger partial charge >= 0.3 is 6.09 Å². The van der Waals surface area contributed by atoms with Gasteiger partial charge in [0.15, 0.2) is 0 Å². The lowest BCUT2D eigenvalue weighted by atomic mass is 10.2. The number of nitrogen functional groups attached to an aromatic ring is 1. The van der Waals surface area contributed by atoms with Crippen molar-refractivity contribution in [1.29, 1.82) is 0 Å². The van der Waals surface area contributed by atoms with E-state index in [1.807, 2.05) is 6.92 Å². The van der Waals surface area contributed by atoms with Crippen LogP contribution in [-0.2, 0) is 14.8 Å². The van der Waals surface area contributed by atoms with Gasteiger partial charge in [-0.3, -0.25) is 0 Å². The summed E-state index contributed by atoms with van der Waals surface area (Å²) in [6, 6.07) is 4.71. The first-order chi connectivity index (χ1) is 10.0. The van der Waals surface area contributed by atoms with E-state index >= 15 is 0 Å². The Bertz CT molecular complexity index is 636. The van der Waals surface area contributed by atoms with Crippen molar-refractivity contribution >= 4 is 21.8 Å². The number of benzene rings is 1. The number of nitrogens with two attached hydrogens (primary N) is 1. The summed E-state index contributed by atoms with van der Waals surface area (Å²) in [6.07, 6.45) is -0.596. The molecule has 0 fully saturated rings. The van der Waals surface area contributed by atoms with Crippen LogP contribution in [0.5, 0.6) is 0 Å². The van der Waals surface area contributed by atoms with Crippen LogP contribution < -0.4 is 15.8 Å². The van der Waals surface area contributed by atoms with Crippen molar-refractivity contribution in [2.24, 2.45) is 0 Å². The standard InChI is InChI=1S/C14H23N3O4S/c1-10-5-6-12(11(15)9-10)22(19,20)17-8-7-16-13(18)21-14(2,3)4/h5-6,9,17H,7-8,15H2,1-4H3,(H,16,18). The zero-order valence-corrected chi connectivity index (χ0v) is 14.1. The summed E-state index contributed by atoms with van der Waals surface area (Å²) < 4.78 is 31.6. The number of hydrogen-bond acceptors (Lipinski definition) is 5. The molecule has 0 saturated heterocycles. The molecule has 8 heteroatoms. The molecule has 0 aliphatic rings. The summed E-state index contributed by atoms with van der Waals surface area (Å²) in [5, 5.41) is 2.47. The molecule has 1 amide bonds. The monoisotopic (exact) mass is 329 g/mol. The van der Waals surface area contributed by atoms with Gasteiger partial charge in [-0.2, -0.15) is 0 Å². The highest BCUT2D eigenvalue weighted by Gasteiger charge is 2.18. The number of ether oxygens (including phenoxy) is 1. The van der Waals surface area contributed by atoms with Gasteiger partial charge in [-0.1, -0.05) is 6.07 Å². The number of carbonyl (C=O) groups is 1. The van der Waals surface area contributed by atoms with Crippen molar-refractivity contribution in [3.8, 4) is 0 Å². The molecule has 124 valence electrons. The zero-order chi connectivity index (χ0) is 17.0. The summed E-state index contributed by atoms with van der Waals surface area (Å²) >= 11 is 0. The molecule has 0 atom stereocenters. The van der Waals surface area contributed by atoms with E-state index < -0.39 is 21.7 Å². The number of carbonyl (C=O) groups excluding carboxylic acids is 1. The van der Waals surface area contributed by atoms with Gasteiger partial charge in [0.25, 0.3) is 0 Å². The molecule has 1 aromatic rings. The predicted octanol–water partition coefficient (Wildman–Crippen LogP) is 1.38. The summed E-state index contributed by atoms with van der Waals surface area (Å²) in [5.41, 5.74) is 6.19. The summed E-state index contributed by atoms with van der Waals surface area (Å²) in [6.45, 7) is 7.21. The van der Waals surface area contributed by atoms with Crippen molar-refractivity contribution in [2.75, 3.05) is 18.8 Å². The SMILES string of the molecule is Cc1ccc(S(=O)(=O)NCCNC(=O)OC(C)(C)C)c(N)c1. The number of rotatable bonds is 5. The third-order valence-electron chi connectivity index (χ3n) is 2.54. The molecule has 1 rings (SSSR count). The lowest BCUT2D eigenvalue weighted by molar-refractivity contribution is 0.0529. The molecule has 0 aliphatic carbocycles. The van der Waals surface area contributed by atoms with Gasteiger partial charge in [-0.25, -0.2) is 17.9 Å². The van der Waals surface area contributed by atoms with Crippen LogP contribution in [0.15, 0.2) is 23.1 Å². The minimum Gasteiger partial charge on any atom is -0.444 e. The lowest BCUT2D eigenvalue weighted by Crippen LogP contribution is -2.38. The van der Waals surface area contributed by atoms with Crippen LogP contribution >= 0.6 is 0 Å². The normalized spacial score (nSPS) is 12.0. The van der Waals surface area contributed by atoms with Crippen molar-refractivity contribution in [3.05, 3.63) is 23.8 Å². The summed E-state index contributed by atoms with van der Waals surface area (Å²) in [7, 11) is -3.71. The number of nitrogens with one attached hydrogen (secondary N) is 2. The van der Waals surface area contributed by atoms with Crippen molar-refractivity contribution < 1.29 is 17.9 Å². The smallest absolute Gasteiger partial charge is 0.407 e. The molecule has 0 spiro atoms. The quantitative estimate of drug-likeness (QED) is 0.558. The molecular weight excluding hydrogens is 306 g/mol. The van der Waals surface area contributed by atoms with E-state index in [1.54, 1.807) is 32.9 Å². The molecule has 0 heterocycles. The van der Waals surface area contributed by atoms with Crippen LogP contribution in [0, 0.1) is 6.92 Å². The number of hydrogen-bond donors (Lipinski definition) is 3. The molecule has 0 bridgehead atoms. The van der Waals surface area contributed by atoms with Crippen LogP contribution in [0.4, 0.5) is 10.5 Å². The highest BCUT2D eigenvalue weighted by atomic mass is 32.2. The van der Waals surface area contributed by atoms with Crippen molar-refractivity contribution in [3.63, 3.8) is 0 Å². The average molecular weight is 329 g/mol. The fourth-order valence-electron chi connectivity index (χ4n) is 1.65. The van der Waals surface area contributed by atoms with Gasteiger partial charge in [-0.05, 0) is 45.4 Å². The maximum atomic E-state index is 12.1. The minimum atomic E-state index is -3.71. The summed E-state index contributed by atoms with van der Waals surface area (Å²) in [4.78, 5) is 11.4. The molecule has 0 aromatic heterocycles. The second kappa shape index (κ2) is 6.97. The zero-order valence-electron chi connectivity index (χ0n) is 13.3. The molecule has 0 saturated carbocycles. The Morgan fingerprint density at radius 3 is 2.45 bits per heavy atom. The van der Waals surface area contributed by atoms with E-state index in [0.29, 0.717) is 0 Å². The number of anilines is 1. The molecule has 0 aliphatic heterocycles. The second-order valence-corrected chi connectivity index (χ2v) is 7.60. The Hall–Kier alpha value is -1.80. The van der Waals surface area contributed by atoms with Gasteiger partial charge in [0.05, 0.1) is 5.69 Å². The Labute approximate surface area is 131 Å². The number of aryl methyl sites for hydroxylation is 1. The van der Waals surface area contributed by atoms with E-state index in [9.17, 15) is 13.2 Å². The Morgan fingerprint density at radius 1 is 1.27 bits per heavy atom. The number of sulfonamides is 1. The molecule has 1 aromatic carbocycles. The maximum Gasteiger partial charge on any atom is 0.407 e. The number of amides is 1. The Balaban J connectivity index is 2.52. The van der Waals surface area contributed by atoms with E-state index in [-0.39, 0.29) is 23.7 Å². The lowest BCUT2D eigenvalue weighted by Gasteiger charge is -2.19. The van der Waals surface area contributed by atoms with Gasteiger partial charge in [-0.15, -0.1) is 0 Å². The van der Waals surface area contributed by atoms with E-state index in [0.717, 1.165) is 5.56 Å². The first-order valence-corrected chi connectivity index (χ1v) is 8.32. The summed E-state index contributed by atoms with van der Waals surface area (Å²) in [5.74, 6) is 0. The van der Waals surface area contributed by atoms with Gasteiger partial charge in [0, 0.05) is 13.1 Å². The molecule has 7 nitrogen and oxygen atoms in total. The van der Waals surface area contributed by atoms with E-state index in [4.69, 9.17) is 10.5 Å². The van der Waals surface area contributed by atoms with Crippen LogP contribution in [-0.4, -0.2) is 33.2 Å². The predicted molar refractivity (Wildman–Crippen MR) is 85.0 cm³/mol. The van der Waals surface area contributed by atoms with Crippen LogP contribution in [0.25, 0.3) is 0 Å². The minimum absolute atomic E-state index is 0.0235. The fraction of sp³-hybridized carbons (Fsp3) is 0.500. The molecule has 0 unspecified atom stereocenters. The Kier molecular flexibility index (Phi) is 5.78. The van der Waals surface area contributed by atoms with Crippen LogP contribution in [0.3, 0.4) is 0 Å². The van der Waals surface area contributed by atoms with Crippen LogP contribution in [0.1, 0.15) is 26.3 Å². The molecule has 0 radical (unpaired) electrons. The Morgan fingerprint density at radius 2 is 1.91 bits per heavy atom. The fourth-order valence-corrected chi connectivity index (χ4v) is 2.80. The average Bonchev–Trinajstić information content (AvgIpc) is 2.32. The first kappa shape index (κ1) is 18.2. The highest BCUT2D eigenvalue weighted by molar-refractivity contribution is 7.89. The largest absolute Gasteiger partial charge is 0.444 e. The third-order valence-corrected chi connectivity index (χ3v) is 4.08. The molecule has 4 N–H and O–H groups in total. The molecular formula is C14H23N3O4S. The maximum absolute atomic E-state index is 12.1. The van der Waals surface area contributed by atoms with Gasteiger partial charge in [0.2, 0.25) is 10.0 Å². The van der Waals surface area contributed by atoms with Crippen molar-refractivity contribution in [1.82, 2.24) is 10.0 Å². The van der Waals surface area contributed by atoms with Gasteiger partial charge < -0.3 is 15.8 Å². The molecule has 22 heavy (non-hydrogen) atoms. The van der Waals surface area contributed by atoms with E-state index in [1.165, 1.54) is 6.07 Å². The topological polar surface area (TPSA) is 111 Å². The van der Waals surface area contributed by atoms with Gasteiger partial charge in [0.1, 0.15) is 10.5 Å². The second-order valence-electron chi connectivity index (χ2n) is 5.87. The first-order valence-electron chi connectivity index (χ1n) is 6.84. The third kappa shape index (κ3) is 5.90. The highest BCUT2D eigenvalue weighted by Crippen LogP contribution is 2.18. The van der Waals surface area contributed by atoms with Crippen LogP contribution in [0.2, 0.25) is 0 Å².